The summed E-state index contributed by atoms with van der Waals surface area (Å²) in [5.41, 5.74) is -1.29. The Labute approximate surface area is 138 Å². The minimum atomic E-state index is -0.937. The Kier molecular flexibility index (Phi) is 8.73. The zero-order chi connectivity index (χ0) is 18.1. The molecule has 23 heavy (non-hydrogen) atoms. The van der Waals surface area contributed by atoms with Crippen LogP contribution in [0.5, 0.6) is 0 Å². The third-order valence-electron chi connectivity index (χ3n) is 2.99. The number of esters is 1. The summed E-state index contributed by atoms with van der Waals surface area (Å²) < 4.78 is 15.6. The van der Waals surface area contributed by atoms with Gasteiger partial charge in [0.15, 0.2) is 5.78 Å². The van der Waals surface area contributed by atoms with Gasteiger partial charge < -0.3 is 14.2 Å². The molecule has 0 rings (SSSR count). The maximum Gasteiger partial charge on any atom is 0.348 e. The average Bonchev–Trinajstić information content (AvgIpc) is 2.45. The predicted octanol–water partition coefficient (Wildman–Crippen LogP) is 2.57. The van der Waals surface area contributed by atoms with Gasteiger partial charge in [0.2, 0.25) is 0 Å². The van der Waals surface area contributed by atoms with Gasteiger partial charge in [-0.15, -0.1) is 0 Å². The fourth-order valence-electron chi connectivity index (χ4n) is 1.63. The molecule has 0 saturated carbocycles. The lowest BCUT2D eigenvalue weighted by atomic mass is 10.0. The first-order valence-electron chi connectivity index (χ1n) is 7.53. The fourth-order valence-corrected chi connectivity index (χ4v) is 1.63. The van der Waals surface area contributed by atoms with Crippen molar-refractivity contribution in [3.8, 4) is 6.07 Å². The average molecular weight is 325 g/mol. The number of ether oxygens (including phenoxy) is 3. The number of nitriles is 1. The number of nitrogens with zero attached hydrogens (tertiary/aromatic N) is 1. The van der Waals surface area contributed by atoms with Gasteiger partial charge in [0.05, 0.1) is 25.9 Å². The highest BCUT2D eigenvalue weighted by molar-refractivity contribution is 5.92. The number of hydrogen-bond donors (Lipinski definition) is 0. The van der Waals surface area contributed by atoms with E-state index in [1.807, 2.05) is 20.8 Å². The lowest BCUT2D eigenvalue weighted by Crippen LogP contribution is -2.36. The van der Waals surface area contributed by atoms with Gasteiger partial charge >= 0.3 is 5.97 Å². The predicted molar refractivity (Wildman–Crippen MR) is 85.7 cm³/mol. The Hall–Kier alpha value is -1.71. The van der Waals surface area contributed by atoms with Crippen LogP contribution in [0.25, 0.3) is 0 Å². The summed E-state index contributed by atoms with van der Waals surface area (Å²) in [4.78, 5) is 23.4. The van der Waals surface area contributed by atoms with Crippen molar-refractivity contribution in [1.29, 1.82) is 5.26 Å². The van der Waals surface area contributed by atoms with Crippen LogP contribution in [0.2, 0.25) is 0 Å². The van der Waals surface area contributed by atoms with Crippen LogP contribution in [0.4, 0.5) is 0 Å². The van der Waals surface area contributed by atoms with E-state index in [-0.39, 0.29) is 30.0 Å². The summed E-state index contributed by atoms with van der Waals surface area (Å²) in [5.74, 6) is -0.735. The number of methoxy groups -OCH3 is 1. The van der Waals surface area contributed by atoms with E-state index in [0.717, 1.165) is 0 Å². The van der Waals surface area contributed by atoms with Gasteiger partial charge in [0.1, 0.15) is 17.2 Å². The highest BCUT2D eigenvalue weighted by atomic mass is 16.5. The summed E-state index contributed by atoms with van der Waals surface area (Å²) in [5, 5.41) is 8.81. The van der Waals surface area contributed by atoms with E-state index < -0.39 is 11.6 Å². The van der Waals surface area contributed by atoms with E-state index in [4.69, 9.17) is 14.7 Å². The minimum Gasteiger partial charge on any atom is -0.465 e. The van der Waals surface area contributed by atoms with Gasteiger partial charge in [-0.2, -0.15) is 5.26 Å². The summed E-state index contributed by atoms with van der Waals surface area (Å²) in [6.45, 7) is 9.75. The molecule has 0 fully saturated rings. The summed E-state index contributed by atoms with van der Waals surface area (Å²) in [6.07, 6.45) is 2.05. The molecule has 0 spiro atoms. The molecule has 0 aliphatic rings. The summed E-state index contributed by atoms with van der Waals surface area (Å²) in [7, 11) is 1.21. The van der Waals surface area contributed by atoms with Crippen molar-refractivity contribution in [3.63, 3.8) is 0 Å². The monoisotopic (exact) mass is 325 g/mol. The molecule has 0 amide bonds. The molecule has 0 aromatic heterocycles. The molecule has 0 radical (unpaired) electrons. The van der Waals surface area contributed by atoms with Crippen LogP contribution >= 0.6 is 0 Å². The van der Waals surface area contributed by atoms with Crippen molar-refractivity contribution in [2.24, 2.45) is 0 Å². The van der Waals surface area contributed by atoms with Crippen molar-refractivity contribution >= 4 is 11.8 Å². The van der Waals surface area contributed by atoms with E-state index in [1.165, 1.54) is 13.2 Å². The Morgan fingerprint density at radius 3 is 2.17 bits per heavy atom. The van der Waals surface area contributed by atoms with E-state index in [0.29, 0.717) is 13.0 Å². The van der Waals surface area contributed by atoms with Crippen LogP contribution in [0, 0.1) is 11.3 Å². The van der Waals surface area contributed by atoms with Gasteiger partial charge in [-0.05, 0) is 41.0 Å². The highest BCUT2D eigenvalue weighted by Crippen LogP contribution is 2.15. The molecule has 6 nitrogen and oxygen atoms in total. The summed E-state index contributed by atoms with van der Waals surface area (Å²) in [6, 6.07) is 1.76. The Morgan fingerprint density at radius 2 is 1.70 bits per heavy atom. The molecule has 0 bridgehead atoms. The second-order valence-electron chi connectivity index (χ2n) is 6.50. The van der Waals surface area contributed by atoms with E-state index in [1.54, 1.807) is 19.9 Å². The van der Waals surface area contributed by atoms with Crippen LogP contribution in [-0.4, -0.2) is 43.3 Å². The van der Waals surface area contributed by atoms with E-state index >= 15 is 0 Å². The van der Waals surface area contributed by atoms with Crippen LogP contribution in [-0.2, 0) is 23.8 Å². The Balaban J connectivity index is 4.32. The quantitative estimate of drug-likeness (QED) is 0.280. The Morgan fingerprint density at radius 1 is 1.09 bits per heavy atom. The first-order chi connectivity index (χ1) is 10.5. The number of carbonyl (C=O) groups is 2. The van der Waals surface area contributed by atoms with Gasteiger partial charge in [-0.25, -0.2) is 4.79 Å². The van der Waals surface area contributed by atoms with Gasteiger partial charge in [0.25, 0.3) is 0 Å². The molecule has 0 unspecified atom stereocenters. The number of carbonyl (C=O) groups excluding carboxylic acids is 2. The number of rotatable bonds is 9. The Bertz CT molecular complexity index is 480. The standard InChI is InChI=1S/C17H27NO5/c1-16(2,3)22-11-9-14(19)17(4,5)23-10-7-8-13(12-18)15(20)21-6/h8H,7,9-11H2,1-6H3/b13-8-. The lowest BCUT2D eigenvalue weighted by molar-refractivity contribution is -0.142. The highest BCUT2D eigenvalue weighted by Gasteiger charge is 2.28. The largest absolute Gasteiger partial charge is 0.465 e. The number of Topliss-reactive ketones (excluding diaryl/α,β-unsaturated/α-hetero) is 1. The maximum absolute atomic E-state index is 12.1. The molecule has 0 aliphatic heterocycles. The van der Waals surface area contributed by atoms with Crippen LogP contribution < -0.4 is 0 Å². The first kappa shape index (κ1) is 21.3. The smallest absolute Gasteiger partial charge is 0.348 e. The van der Waals surface area contributed by atoms with Crippen molar-refractivity contribution in [3.05, 3.63) is 11.6 Å². The van der Waals surface area contributed by atoms with Gasteiger partial charge in [-0.3, -0.25) is 4.79 Å². The molecule has 0 N–H and O–H groups in total. The van der Waals surface area contributed by atoms with E-state index in [2.05, 4.69) is 4.74 Å². The molecule has 0 heterocycles. The molecule has 0 aromatic carbocycles. The minimum absolute atomic E-state index is 0.0563. The van der Waals surface area contributed by atoms with Crippen LogP contribution in [0.3, 0.4) is 0 Å². The molecule has 130 valence electrons. The molecular weight excluding hydrogens is 298 g/mol. The zero-order valence-electron chi connectivity index (χ0n) is 14.9. The SMILES string of the molecule is COC(=O)/C(C#N)=C\CCOC(C)(C)C(=O)CCOC(C)(C)C. The number of hydrogen-bond acceptors (Lipinski definition) is 6. The maximum atomic E-state index is 12.1. The van der Waals surface area contributed by atoms with Crippen molar-refractivity contribution in [2.45, 2.75) is 58.7 Å². The van der Waals surface area contributed by atoms with Crippen LogP contribution in [0.1, 0.15) is 47.5 Å². The molecule has 0 aromatic rings. The molecular formula is C17H27NO5. The van der Waals surface area contributed by atoms with Crippen molar-refractivity contribution < 1.29 is 23.8 Å². The fraction of sp³-hybridized carbons (Fsp3) is 0.706. The normalized spacial score (nSPS) is 12.7. The third kappa shape index (κ3) is 9.11. The zero-order valence-corrected chi connectivity index (χ0v) is 14.9. The van der Waals surface area contributed by atoms with E-state index in [9.17, 15) is 9.59 Å². The third-order valence-corrected chi connectivity index (χ3v) is 2.99. The van der Waals surface area contributed by atoms with Crippen LogP contribution in [0.15, 0.2) is 11.6 Å². The topological polar surface area (TPSA) is 85.6 Å². The molecule has 0 saturated heterocycles. The number of ketones is 1. The lowest BCUT2D eigenvalue weighted by Gasteiger charge is -2.25. The molecule has 0 atom stereocenters. The molecule has 6 heteroatoms. The summed E-state index contributed by atoms with van der Waals surface area (Å²) >= 11 is 0. The van der Waals surface area contributed by atoms with Gasteiger partial charge in [0, 0.05) is 6.42 Å². The molecule has 0 aliphatic carbocycles. The second kappa shape index (κ2) is 9.43. The van der Waals surface area contributed by atoms with Crippen molar-refractivity contribution in [2.75, 3.05) is 20.3 Å². The van der Waals surface area contributed by atoms with Crippen molar-refractivity contribution in [1.82, 2.24) is 0 Å². The first-order valence-corrected chi connectivity index (χ1v) is 7.53. The second-order valence-corrected chi connectivity index (χ2v) is 6.50. The van der Waals surface area contributed by atoms with Gasteiger partial charge in [-0.1, -0.05) is 6.08 Å².